The van der Waals surface area contributed by atoms with Crippen molar-refractivity contribution in [3.05, 3.63) is 0 Å². The van der Waals surface area contributed by atoms with Gasteiger partial charge in [-0.3, -0.25) is 0 Å². The quantitative estimate of drug-likeness (QED) is 0.663. The molecule has 0 spiro atoms. The average Bonchev–Trinajstić information content (AvgIpc) is 2.05. The van der Waals surface area contributed by atoms with E-state index in [-0.39, 0.29) is 12.2 Å². The van der Waals surface area contributed by atoms with Gasteiger partial charge < -0.3 is 9.84 Å². The third-order valence-corrected chi connectivity index (χ3v) is 2.38. The minimum absolute atomic E-state index is 0.0914. The van der Waals surface area contributed by atoms with Crippen LogP contribution in [0.4, 0.5) is 0 Å². The van der Waals surface area contributed by atoms with Crippen LogP contribution in [0.1, 0.15) is 39.5 Å². The molecule has 0 saturated carbocycles. The summed E-state index contributed by atoms with van der Waals surface area (Å²) in [6, 6.07) is 0. The summed E-state index contributed by atoms with van der Waals surface area (Å²) in [5, 5.41) is 9.27. The number of hydrogen-bond acceptors (Lipinski definition) is 2. The van der Waals surface area contributed by atoms with Gasteiger partial charge in [0.2, 0.25) is 0 Å². The molecule has 1 saturated heterocycles. The first-order chi connectivity index (χ1) is 5.24. The van der Waals surface area contributed by atoms with Crippen LogP contribution in [-0.4, -0.2) is 23.4 Å². The van der Waals surface area contributed by atoms with Crippen molar-refractivity contribution in [2.75, 3.05) is 0 Å². The van der Waals surface area contributed by atoms with Crippen molar-refractivity contribution >= 4 is 0 Å². The van der Waals surface area contributed by atoms with Crippen molar-refractivity contribution in [1.29, 1.82) is 0 Å². The molecule has 1 fully saturated rings. The smallest absolute Gasteiger partial charge is 0.0834 e. The van der Waals surface area contributed by atoms with E-state index in [1.165, 1.54) is 12.8 Å². The molecule has 1 heterocycles. The maximum absolute atomic E-state index is 9.27. The normalized spacial score (nSPS) is 35.2. The largest absolute Gasteiger partial charge is 0.391 e. The molecule has 2 heteroatoms. The van der Waals surface area contributed by atoms with Gasteiger partial charge in [0.15, 0.2) is 0 Å². The van der Waals surface area contributed by atoms with E-state index in [2.05, 4.69) is 6.92 Å². The summed E-state index contributed by atoms with van der Waals surface area (Å²) in [5.74, 6) is 0. The van der Waals surface area contributed by atoms with Gasteiger partial charge in [0.1, 0.15) is 0 Å². The molecule has 0 aromatic heterocycles. The molecule has 0 amide bonds. The number of rotatable bonds is 2. The summed E-state index contributed by atoms with van der Waals surface area (Å²) < 4.78 is 5.65. The van der Waals surface area contributed by atoms with E-state index in [4.69, 9.17) is 4.74 Å². The van der Waals surface area contributed by atoms with Crippen LogP contribution >= 0.6 is 0 Å². The van der Waals surface area contributed by atoms with E-state index in [9.17, 15) is 5.11 Å². The van der Waals surface area contributed by atoms with E-state index in [0.717, 1.165) is 12.8 Å². The molecular weight excluding hydrogens is 140 g/mol. The highest BCUT2D eigenvalue weighted by Gasteiger charge is 2.24. The van der Waals surface area contributed by atoms with Crippen molar-refractivity contribution in [3.8, 4) is 0 Å². The fourth-order valence-corrected chi connectivity index (χ4v) is 1.59. The minimum atomic E-state index is -0.302. The second-order valence-corrected chi connectivity index (χ2v) is 3.38. The molecule has 0 aromatic carbocycles. The summed E-state index contributed by atoms with van der Waals surface area (Å²) in [7, 11) is 0. The molecule has 0 aliphatic carbocycles. The highest BCUT2D eigenvalue weighted by Crippen LogP contribution is 2.22. The molecule has 1 N–H and O–H groups in total. The summed E-state index contributed by atoms with van der Waals surface area (Å²) in [5.41, 5.74) is 0. The Balaban J connectivity index is 2.33. The lowest BCUT2D eigenvalue weighted by Gasteiger charge is -2.31. The van der Waals surface area contributed by atoms with E-state index in [1.807, 2.05) is 6.92 Å². The fourth-order valence-electron chi connectivity index (χ4n) is 1.59. The fraction of sp³-hybridized carbons (Fsp3) is 1.00. The number of hydrogen-bond donors (Lipinski definition) is 1. The summed E-state index contributed by atoms with van der Waals surface area (Å²) in [6.45, 7) is 3.94. The maximum atomic E-state index is 9.27. The number of ether oxygens (including phenoxy) is 1. The number of aliphatic hydroxyl groups excluding tert-OH is 1. The summed E-state index contributed by atoms with van der Waals surface area (Å²) >= 11 is 0. The van der Waals surface area contributed by atoms with Gasteiger partial charge in [-0.1, -0.05) is 6.92 Å². The van der Waals surface area contributed by atoms with Crippen LogP contribution in [0.3, 0.4) is 0 Å². The predicted molar refractivity (Wildman–Crippen MR) is 44.5 cm³/mol. The van der Waals surface area contributed by atoms with Crippen LogP contribution in [0, 0.1) is 0 Å². The molecule has 1 aliphatic heterocycles. The summed E-state index contributed by atoms with van der Waals surface area (Å²) in [6.07, 6.45) is 4.65. The average molecular weight is 158 g/mol. The van der Waals surface area contributed by atoms with Gasteiger partial charge >= 0.3 is 0 Å². The molecule has 11 heavy (non-hydrogen) atoms. The highest BCUT2D eigenvalue weighted by molar-refractivity contribution is 4.73. The zero-order valence-electron chi connectivity index (χ0n) is 7.42. The molecule has 0 bridgehead atoms. The van der Waals surface area contributed by atoms with Gasteiger partial charge in [-0.2, -0.15) is 0 Å². The molecule has 66 valence electrons. The molecule has 3 atom stereocenters. The van der Waals surface area contributed by atoms with Crippen LogP contribution in [0.5, 0.6) is 0 Å². The third-order valence-electron chi connectivity index (χ3n) is 2.38. The lowest BCUT2D eigenvalue weighted by Crippen LogP contribution is -2.34. The van der Waals surface area contributed by atoms with Gasteiger partial charge in [-0.15, -0.1) is 0 Å². The maximum Gasteiger partial charge on any atom is 0.0834 e. The van der Waals surface area contributed by atoms with Gasteiger partial charge in [-0.05, 0) is 32.6 Å². The first-order valence-electron chi connectivity index (χ1n) is 4.57. The van der Waals surface area contributed by atoms with Crippen LogP contribution in [0.15, 0.2) is 0 Å². The zero-order chi connectivity index (χ0) is 8.27. The van der Waals surface area contributed by atoms with Crippen LogP contribution in [0.2, 0.25) is 0 Å². The van der Waals surface area contributed by atoms with Gasteiger partial charge in [0.05, 0.1) is 18.3 Å². The predicted octanol–water partition coefficient (Wildman–Crippen LogP) is 1.71. The molecule has 1 rings (SSSR count). The minimum Gasteiger partial charge on any atom is -0.391 e. The Labute approximate surface area is 68.6 Å². The van der Waals surface area contributed by atoms with Gasteiger partial charge in [0, 0.05) is 0 Å². The van der Waals surface area contributed by atoms with Crippen molar-refractivity contribution in [2.45, 2.75) is 57.8 Å². The second kappa shape index (κ2) is 4.07. The zero-order valence-corrected chi connectivity index (χ0v) is 7.42. The highest BCUT2D eigenvalue weighted by atomic mass is 16.5. The molecule has 0 aromatic rings. The summed E-state index contributed by atoms with van der Waals surface area (Å²) in [4.78, 5) is 0. The van der Waals surface area contributed by atoms with Crippen LogP contribution in [-0.2, 0) is 4.74 Å². The van der Waals surface area contributed by atoms with Crippen LogP contribution in [0.25, 0.3) is 0 Å². The van der Waals surface area contributed by atoms with Gasteiger partial charge in [0.25, 0.3) is 0 Å². The van der Waals surface area contributed by atoms with E-state index >= 15 is 0 Å². The lowest BCUT2D eigenvalue weighted by atomic mass is 10.00. The first-order valence-corrected chi connectivity index (χ1v) is 4.57. The molecule has 1 aliphatic rings. The topological polar surface area (TPSA) is 29.5 Å². The molecule has 0 radical (unpaired) electrons. The molecule has 0 unspecified atom stereocenters. The van der Waals surface area contributed by atoms with E-state index < -0.39 is 0 Å². The van der Waals surface area contributed by atoms with Crippen molar-refractivity contribution in [1.82, 2.24) is 0 Å². The Bertz CT molecular complexity index is 112. The Kier molecular flexibility index (Phi) is 3.34. The third kappa shape index (κ3) is 2.46. The van der Waals surface area contributed by atoms with E-state index in [0.29, 0.717) is 6.10 Å². The Morgan fingerprint density at radius 3 is 2.82 bits per heavy atom. The van der Waals surface area contributed by atoms with Gasteiger partial charge in [-0.25, -0.2) is 0 Å². The molecular formula is C9H18O2. The first kappa shape index (κ1) is 9.01. The SMILES string of the molecule is CC[C@@H]1CCC[C@@H]([C@@H](C)O)O1. The number of aliphatic hydroxyl groups is 1. The van der Waals surface area contributed by atoms with Crippen molar-refractivity contribution < 1.29 is 9.84 Å². The van der Waals surface area contributed by atoms with Crippen LogP contribution < -0.4 is 0 Å². The standard InChI is InChI=1S/C9H18O2/c1-3-8-5-4-6-9(11-8)7(2)10/h7-10H,3-6H2,1-2H3/t7-,8-,9+/m1/s1. The van der Waals surface area contributed by atoms with Crippen molar-refractivity contribution in [2.24, 2.45) is 0 Å². The van der Waals surface area contributed by atoms with E-state index in [1.54, 1.807) is 0 Å². The Morgan fingerprint density at radius 1 is 1.55 bits per heavy atom. The second-order valence-electron chi connectivity index (χ2n) is 3.38. The molecule has 2 nitrogen and oxygen atoms in total. The Morgan fingerprint density at radius 2 is 2.27 bits per heavy atom. The lowest BCUT2D eigenvalue weighted by molar-refractivity contribution is -0.100. The monoisotopic (exact) mass is 158 g/mol. The van der Waals surface area contributed by atoms with Crippen molar-refractivity contribution in [3.63, 3.8) is 0 Å². The Hall–Kier alpha value is -0.0800.